The van der Waals surface area contributed by atoms with Crippen LogP contribution in [0.1, 0.15) is 12.6 Å². The molecule has 0 saturated carbocycles. The molecule has 1 saturated heterocycles. The van der Waals surface area contributed by atoms with E-state index < -0.39 is 0 Å². The summed E-state index contributed by atoms with van der Waals surface area (Å²) in [6.45, 7) is 9.12. The highest BCUT2D eigenvalue weighted by molar-refractivity contribution is 7.13. The van der Waals surface area contributed by atoms with Gasteiger partial charge in [-0.25, -0.2) is 9.98 Å². The van der Waals surface area contributed by atoms with E-state index in [-0.39, 0.29) is 0 Å². The maximum Gasteiger partial charge on any atom is 0.191 e. The van der Waals surface area contributed by atoms with Crippen molar-refractivity contribution in [2.45, 2.75) is 13.5 Å². The van der Waals surface area contributed by atoms with Crippen LogP contribution in [0.2, 0.25) is 0 Å². The molecule has 1 aromatic heterocycles. The number of ether oxygens (including phenoxy) is 1. The Labute approximate surface area is 142 Å². The first-order chi connectivity index (χ1) is 11.2. The van der Waals surface area contributed by atoms with Gasteiger partial charge in [0.25, 0.3) is 0 Å². The summed E-state index contributed by atoms with van der Waals surface area (Å²) in [5, 5.41) is 9.75. The van der Waals surface area contributed by atoms with Gasteiger partial charge in [0.15, 0.2) is 11.1 Å². The number of thiazole rings is 1. The van der Waals surface area contributed by atoms with Gasteiger partial charge < -0.3 is 20.3 Å². The first kappa shape index (κ1) is 18.0. The standard InChI is InChI=1S/C15H28N6OS/c1-4-16-14(17-5-6-21-7-9-22-10-8-21)18-11-13-12-23-15(19-13)20(2)3/h12H,4-11H2,1-3H3,(H2,16,17,18). The maximum atomic E-state index is 5.36. The van der Waals surface area contributed by atoms with Gasteiger partial charge in [0, 0.05) is 52.2 Å². The third kappa shape index (κ3) is 6.32. The molecule has 1 aromatic rings. The van der Waals surface area contributed by atoms with Crippen LogP contribution in [0.3, 0.4) is 0 Å². The molecule has 2 N–H and O–H groups in total. The van der Waals surface area contributed by atoms with E-state index in [0.29, 0.717) is 6.54 Å². The molecule has 23 heavy (non-hydrogen) atoms. The number of nitrogens with zero attached hydrogens (tertiary/aromatic N) is 4. The van der Waals surface area contributed by atoms with Crippen molar-refractivity contribution >= 4 is 22.4 Å². The number of aromatic nitrogens is 1. The topological polar surface area (TPSA) is 65.0 Å². The number of hydrogen-bond acceptors (Lipinski definition) is 6. The normalized spacial score (nSPS) is 16.4. The Bertz CT molecular complexity index is 484. The van der Waals surface area contributed by atoms with Crippen LogP contribution in [-0.2, 0) is 11.3 Å². The van der Waals surface area contributed by atoms with Crippen molar-refractivity contribution in [3.8, 4) is 0 Å². The molecule has 0 spiro atoms. The van der Waals surface area contributed by atoms with E-state index in [0.717, 1.165) is 62.7 Å². The average Bonchev–Trinajstić information content (AvgIpc) is 3.03. The lowest BCUT2D eigenvalue weighted by molar-refractivity contribution is 0.0389. The van der Waals surface area contributed by atoms with E-state index >= 15 is 0 Å². The second-order valence-electron chi connectivity index (χ2n) is 5.59. The fourth-order valence-corrected chi connectivity index (χ4v) is 2.98. The summed E-state index contributed by atoms with van der Waals surface area (Å²) in [6, 6.07) is 0. The Kier molecular flexibility index (Phi) is 7.57. The molecule has 0 aromatic carbocycles. The number of aliphatic imine (C=N–C) groups is 1. The van der Waals surface area contributed by atoms with Crippen molar-refractivity contribution in [1.82, 2.24) is 20.5 Å². The Morgan fingerprint density at radius 1 is 1.39 bits per heavy atom. The molecule has 0 atom stereocenters. The molecule has 1 aliphatic rings. The maximum absolute atomic E-state index is 5.36. The van der Waals surface area contributed by atoms with Crippen molar-refractivity contribution in [2.24, 2.45) is 4.99 Å². The van der Waals surface area contributed by atoms with E-state index in [9.17, 15) is 0 Å². The average molecular weight is 340 g/mol. The summed E-state index contributed by atoms with van der Waals surface area (Å²) in [5.41, 5.74) is 1.00. The smallest absolute Gasteiger partial charge is 0.191 e. The summed E-state index contributed by atoms with van der Waals surface area (Å²) >= 11 is 1.65. The first-order valence-corrected chi connectivity index (χ1v) is 9.01. The first-order valence-electron chi connectivity index (χ1n) is 8.13. The Balaban J connectivity index is 1.78. The fraction of sp³-hybridized carbons (Fsp3) is 0.733. The van der Waals surface area contributed by atoms with Gasteiger partial charge in [-0.3, -0.25) is 4.90 Å². The van der Waals surface area contributed by atoms with Crippen molar-refractivity contribution in [1.29, 1.82) is 0 Å². The van der Waals surface area contributed by atoms with Gasteiger partial charge in [0.1, 0.15) is 0 Å². The minimum Gasteiger partial charge on any atom is -0.379 e. The second kappa shape index (κ2) is 9.69. The predicted octanol–water partition coefficient (Wildman–Crippen LogP) is 0.596. The molecule has 0 bridgehead atoms. The van der Waals surface area contributed by atoms with Crippen molar-refractivity contribution in [3.63, 3.8) is 0 Å². The highest BCUT2D eigenvalue weighted by Gasteiger charge is 2.09. The van der Waals surface area contributed by atoms with Crippen LogP contribution >= 0.6 is 11.3 Å². The molecular weight excluding hydrogens is 312 g/mol. The van der Waals surface area contributed by atoms with Crippen molar-refractivity contribution < 1.29 is 4.74 Å². The summed E-state index contributed by atoms with van der Waals surface area (Å²) in [5.74, 6) is 0.847. The van der Waals surface area contributed by atoms with Gasteiger partial charge in [0.05, 0.1) is 25.5 Å². The largest absolute Gasteiger partial charge is 0.379 e. The van der Waals surface area contributed by atoms with Gasteiger partial charge in [-0.2, -0.15) is 0 Å². The molecule has 8 heteroatoms. The fourth-order valence-electron chi connectivity index (χ4n) is 2.23. The van der Waals surface area contributed by atoms with Crippen LogP contribution in [0, 0.1) is 0 Å². The number of morpholine rings is 1. The van der Waals surface area contributed by atoms with Gasteiger partial charge in [-0.15, -0.1) is 11.3 Å². The minimum absolute atomic E-state index is 0.594. The van der Waals surface area contributed by atoms with Crippen LogP contribution in [0.4, 0.5) is 5.13 Å². The molecule has 0 aliphatic carbocycles. The van der Waals surface area contributed by atoms with Crippen LogP contribution in [-0.4, -0.2) is 75.9 Å². The van der Waals surface area contributed by atoms with Gasteiger partial charge in [0.2, 0.25) is 0 Å². The number of nitrogens with one attached hydrogen (secondary N) is 2. The van der Waals surface area contributed by atoms with E-state index in [1.54, 1.807) is 11.3 Å². The zero-order valence-electron chi connectivity index (χ0n) is 14.3. The lowest BCUT2D eigenvalue weighted by atomic mass is 10.4. The van der Waals surface area contributed by atoms with Crippen LogP contribution in [0.25, 0.3) is 0 Å². The lowest BCUT2D eigenvalue weighted by Gasteiger charge is -2.26. The number of hydrogen-bond donors (Lipinski definition) is 2. The van der Waals surface area contributed by atoms with E-state index in [1.165, 1.54) is 0 Å². The minimum atomic E-state index is 0.594. The highest BCUT2D eigenvalue weighted by atomic mass is 32.1. The van der Waals surface area contributed by atoms with E-state index in [2.05, 4.69) is 37.8 Å². The van der Waals surface area contributed by atoms with Gasteiger partial charge in [-0.1, -0.05) is 0 Å². The second-order valence-corrected chi connectivity index (χ2v) is 6.43. The molecule has 0 radical (unpaired) electrons. The number of rotatable bonds is 7. The SMILES string of the molecule is CCNC(=NCc1csc(N(C)C)n1)NCCN1CCOCC1. The van der Waals surface area contributed by atoms with Crippen molar-refractivity contribution in [2.75, 3.05) is 64.9 Å². The summed E-state index contributed by atoms with van der Waals surface area (Å²) < 4.78 is 5.36. The van der Waals surface area contributed by atoms with E-state index in [4.69, 9.17) is 4.74 Å². The monoisotopic (exact) mass is 340 g/mol. The third-order valence-electron chi connectivity index (χ3n) is 3.49. The Hall–Kier alpha value is -1.38. The lowest BCUT2D eigenvalue weighted by Crippen LogP contribution is -2.44. The molecule has 2 rings (SSSR count). The zero-order valence-corrected chi connectivity index (χ0v) is 15.2. The highest BCUT2D eigenvalue weighted by Crippen LogP contribution is 2.18. The quantitative estimate of drug-likeness (QED) is 0.560. The van der Waals surface area contributed by atoms with Crippen LogP contribution in [0.5, 0.6) is 0 Å². The predicted molar refractivity (Wildman–Crippen MR) is 96.5 cm³/mol. The summed E-state index contributed by atoms with van der Waals surface area (Å²) in [4.78, 5) is 13.6. The molecule has 0 unspecified atom stereocenters. The number of guanidine groups is 1. The van der Waals surface area contributed by atoms with Crippen LogP contribution < -0.4 is 15.5 Å². The zero-order chi connectivity index (χ0) is 16.5. The Morgan fingerprint density at radius 2 is 2.17 bits per heavy atom. The van der Waals surface area contributed by atoms with Gasteiger partial charge >= 0.3 is 0 Å². The molecule has 2 heterocycles. The molecule has 1 aliphatic heterocycles. The molecule has 0 amide bonds. The summed E-state index contributed by atoms with van der Waals surface area (Å²) in [6.07, 6.45) is 0. The van der Waals surface area contributed by atoms with Crippen LogP contribution in [0.15, 0.2) is 10.4 Å². The summed E-state index contributed by atoms with van der Waals surface area (Å²) in [7, 11) is 4.01. The molecule has 1 fully saturated rings. The third-order valence-corrected chi connectivity index (χ3v) is 4.55. The van der Waals surface area contributed by atoms with E-state index in [1.807, 2.05) is 19.0 Å². The molecule has 130 valence electrons. The molecule has 7 nitrogen and oxygen atoms in total. The van der Waals surface area contributed by atoms with Crippen molar-refractivity contribution in [3.05, 3.63) is 11.1 Å². The van der Waals surface area contributed by atoms with Gasteiger partial charge in [-0.05, 0) is 6.92 Å². The Morgan fingerprint density at radius 3 is 2.83 bits per heavy atom. The number of anilines is 1. The molecular formula is C15H28N6OS.